The lowest BCUT2D eigenvalue weighted by Crippen LogP contribution is -2.41. The summed E-state index contributed by atoms with van der Waals surface area (Å²) < 4.78 is 11.8. The van der Waals surface area contributed by atoms with Crippen molar-refractivity contribution in [3.05, 3.63) is 23.9 Å². The maximum Gasteiger partial charge on any atom is 0.218 e. The molecule has 2 fully saturated rings. The van der Waals surface area contributed by atoms with E-state index in [2.05, 4.69) is 28.6 Å². The molecule has 6 nitrogen and oxygen atoms in total. The first-order valence-corrected chi connectivity index (χ1v) is 11.9. The molecule has 0 aromatic carbocycles. The number of aliphatic imine (C=N–C) groups is 1. The Morgan fingerprint density at radius 3 is 2.67 bits per heavy atom. The Morgan fingerprint density at radius 2 is 1.97 bits per heavy atom. The molecule has 0 saturated carbocycles. The lowest BCUT2D eigenvalue weighted by molar-refractivity contribution is 0.186. The van der Waals surface area contributed by atoms with E-state index in [0.29, 0.717) is 19.1 Å². The van der Waals surface area contributed by atoms with E-state index in [9.17, 15) is 0 Å². The third-order valence-electron chi connectivity index (χ3n) is 6.67. The first-order chi connectivity index (χ1) is 14.6. The molecule has 0 spiro atoms. The van der Waals surface area contributed by atoms with E-state index in [1.807, 2.05) is 18.3 Å². The summed E-state index contributed by atoms with van der Waals surface area (Å²) in [6.45, 7) is 11.6. The molecule has 4 rings (SSSR count). The Hall–Kier alpha value is -1.66. The molecule has 30 heavy (non-hydrogen) atoms. The van der Waals surface area contributed by atoms with Gasteiger partial charge in [0.25, 0.3) is 0 Å². The average molecular weight is 415 g/mol. The second-order valence-electron chi connectivity index (χ2n) is 9.51. The second-order valence-corrected chi connectivity index (χ2v) is 9.51. The molecule has 3 aliphatic rings. The van der Waals surface area contributed by atoms with Gasteiger partial charge in [-0.1, -0.05) is 12.8 Å². The molecule has 2 unspecified atom stereocenters. The fourth-order valence-electron chi connectivity index (χ4n) is 4.90. The maximum absolute atomic E-state index is 5.97. The van der Waals surface area contributed by atoms with Gasteiger partial charge in [0.15, 0.2) is 0 Å². The van der Waals surface area contributed by atoms with Crippen molar-refractivity contribution in [3.8, 4) is 5.88 Å². The molecule has 2 atom stereocenters. The molecule has 0 amide bonds. The Labute approximate surface area is 181 Å². The van der Waals surface area contributed by atoms with Crippen LogP contribution >= 0.6 is 0 Å². The van der Waals surface area contributed by atoms with Crippen LogP contribution in [0.15, 0.2) is 23.3 Å². The fourth-order valence-corrected chi connectivity index (χ4v) is 4.90. The highest BCUT2D eigenvalue weighted by atomic mass is 16.5. The molecule has 1 aromatic rings. The standard InChI is InChI=1S/C24H38N4O2/c1-20-9-7-14-28(20)15-8-16-29-22-11-10-21(17-25-22)23-26-24(2,19-30-23)18-27-12-5-3-4-6-13-27/h10-11,17,20H,3-9,12-16,18-19H2,1-2H3. The van der Waals surface area contributed by atoms with Crippen molar-refractivity contribution in [1.82, 2.24) is 14.8 Å². The predicted octanol–water partition coefficient (Wildman–Crippen LogP) is 3.75. The number of likely N-dealkylation sites (tertiary alicyclic amines) is 2. The van der Waals surface area contributed by atoms with Crippen molar-refractivity contribution in [2.45, 2.75) is 70.4 Å². The summed E-state index contributed by atoms with van der Waals surface area (Å²) in [5.41, 5.74) is 0.773. The molecule has 6 heteroatoms. The minimum absolute atomic E-state index is 0.165. The number of ether oxygens (including phenoxy) is 2. The minimum atomic E-state index is -0.165. The van der Waals surface area contributed by atoms with Crippen LogP contribution in [0, 0.1) is 0 Å². The Bertz CT molecular complexity index is 700. The second kappa shape index (κ2) is 10.1. The summed E-state index contributed by atoms with van der Waals surface area (Å²) in [5.74, 6) is 1.40. The molecule has 0 N–H and O–H groups in total. The number of rotatable bonds is 8. The van der Waals surface area contributed by atoms with Crippen molar-refractivity contribution < 1.29 is 9.47 Å². The van der Waals surface area contributed by atoms with E-state index in [4.69, 9.17) is 14.5 Å². The first kappa shape index (κ1) is 21.6. The average Bonchev–Trinajstić information content (AvgIpc) is 3.23. The predicted molar refractivity (Wildman–Crippen MR) is 120 cm³/mol. The number of aromatic nitrogens is 1. The zero-order chi connectivity index (χ0) is 20.8. The Balaban J connectivity index is 1.25. The zero-order valence-electron chi connectivity index (χ0n) is 18.8. The highest BCUT2D eigenvalue weighted by Gasteiger charge is 2.34. The summed E-state index contributed by atoms with van der Waals surface area (Å²) >= 11 is 0. The quantitative estimate of drug-likeness (QED) is 0.607. The normalized spacial score (nSPS) is 28.2. The summed E-state index contributed by atoms with van der Waals surface area (Å²) in [4.78, 5) is 14.5. The molecule has 4 heterocycles. The maximum atomic E-state index is 5.97. The molecule has 0 radical (unpaired) electrons. The van der Waals surface area contributed by atoms with Gasteiger partial charge >= 0.3 is 0 Å². The van der Waals surface area contributed by atoms with E-state index in [1.165, 1.54) is 58.2 Å². The van der Waals surface area contributed by atoms with E-state index in [0.717, 1.165) is 37.0 Å². The van der Waals surface area contributed by atoms with Crippen LogP contribution in [0.5, 0.6) is 5.88 Å². The van der Waals surface area contributed by atoms with E-state index in [-0.39, 0.29) is 5.54 Å². The highest BCUT2D eigenvalue weighted by molar-refractivity contribution is 5.95. The van der Waals surface area contributed by atoms with Gasteiger partial charge in [0.1, 0.15) is 12.1 Å². The van der Waals surface area contributed by atoms with Crippen LogP contribution in [0.4, 0.5) is 0 Å². The molecule has 2 saturated heterocycles. The molecular weight excluding hydrogens is 376 g/mol. The van der Waals surface area contributed by atoms with Crippen LogP contribution in [0.3, 0.4) is 0 Å². The Morgan fingerprint density at radius 1 is 1.13 bits per heavy atom. The zero-order valence-corrected chi connectivity index (χ0v) is 18.8. The van der Waals surface area contributed by atoms with Gasteiger partial charge < -0.3 is 19.3 Å². The van der Waals surface area contributed by atoms with Gasteiger partial charge in [0, 0.05) is 31.4 Å². The van der Waals surface area contributed by atoms with Crippen molar-refractivity contribution >= 4 is 5.90 Å². The first-order valence-electron chi connectivity index (χ1n) is 11.9. The largest absolute Gasteiger partial charge is 0.478 e. The van der Waals surface area contributed by atoms with Gasteiger partial charge in [-0.3, -0.25) is 0 Å². The van der Waals surface area contributed by atoms with E-state index < -0.39 is 0 Å². The van der Waals surface area contributed by atoms with Gasteiger partial charge in [-0.05, 0) is 71.7 Å². The molecule has 166 valence electrons. The van der Waals surface area contributed by atoms with Gasteiger partial charge in [0.2, 0.25) is 11.8 Å². The smallest absolute Gasteiger partial charge is 0.218 e. The SMILES string of the molecule is CC1CCCN1CCCOc1ccc(C2=NC(C)(CN3CCCCCC3)CO2)cn1. The summed E-state index contributed by atoms with van der Waals surface area (Å²) in [5, 5.41) is 0. The summed E-state index contributed by atoms with van der Waals surface area (Å²) in [6.07, 6.45) is 10.8. The number of hydrogen-bond donors (Lipinski definition) is 0. The van der Waals surface area contributed by atoms with Crippen LogP contribution in [0.1, 0.15) is 64.4 Å². The molecular formula is C24H38N4O2. The van der Waals surface area contributed by atoms with Crippen LogP contribution in [-0.4, -0.2) is 78.2 Å². The van der Waals surface area contributed by atoms with Crippen LogP contribution < -0.4 is 4.74 Å². The van der Waals surface area contributed by atoms with E-state index in [1.54, 1.807) is 0 Å². The monoisotopic (exact) mass is 414 g/mol. The van der Waals surface area contributed by atoms with E-state index >= 15 is 0 Å². The lowest BCUT2D eigenvalue weighted by Gasteiger charge is -2.28. The van der Waals surface area contributed by atoms with Gasteiger partial charge in [-0.2, -0.15) is 0 Å². The fraction of sp³-hybridized carbons (Fsp3) is 0.750. The number of pyridine rings is 1. The van der Waals surface area contributed by atoms with Gasteiger partial charge in [-0.25, -0.2) is 9.98 Å². The van der Waals surface area contributed by atoms with Crippen LogP contribution in [-0.2, 0) is 4.74 Å². The number of nitrogens with zero attached hydrogens (tertiary/aromatic N) is 4. The van der Waals surface area contributed by atoms with Gasteiger partial charge in [0.05, 0.1) is 12.2 Å². The number of hydrogen-bond acceptors (Lipinski definition) is 6. The Kier molecular flexibility index (Phi) is 7.26. The molecule has 0 bridgehead atoms. The van der Waals surface area contributed by atoms with Crippen molar-refractivity contribution in [2.24, 2.45) is 4.99 Å². The molecule has 3 aliphatic heterocycles. The third-order valence-corrected chi connectivity index (χ3v) is 6.67. The van der Waals surface area contributed by atoms with Crippen molar-refractivity contribution in [1.29, 1.82) is 0 Å². The van der Waals surface area contributed by atoms with Crippen molar-refractivity contribution in [3.63, 3.8) is 0 Å². The summed E-state index contributed by atoms with van der Waals surface area (Å²) in [6, 6.07) is 4.67. The van der Waals surface area contributed by atoms with Crippen LogP contribution in [0.2, 0.25) is 0 Å². The summed E-state index contributed by atoms with van der Waals surface area (Å²) in [7, 11) is 0. The minimum Gasteiger partial charge on any atom is -0.478 e. The van der Waals surface area contributed by atoms with Crippen molar-refractivity contribution in [2.75, 3.05) is 45.9 Å². The third kappa shape index (κ3) is 5.73. The lowest BCUT2D eigenvalue weighted by atomic mass is 10.0. The van der Waals surface area contributed by atoms with Crippen LogP contribution in [0.25, 0.3) is 0 Å². The topological polar surface area (TPSA) is 50.2 Å². The van der Waals surface area contributed by atoms with Gasteiger partial charge in [-0.15, -0.1) is 0 Å². The molecule has 0 aliphatic carbocycles. The molecule has 1 aromatic heterocycles. The highest BCUT2D eigenvalue weighted by Crippen LogP contribution is 2.24.